The van der Waals surface area contributed by atoms with E-state index in [-0.39, 0.29) is 5.82 Å². The lowest BCUT2D eigenvalue weighted by molar-refractivity contribution is 0.415. The highest BCUT2D eigenvalue weighted by Crippen LogP contribution is 2.34. The van der Waals surface area contributed by atoms with Crippen LogP contribution in [0.1, 0.15) is 25.3 Å². The van der Waals surface area contributed by atoms with Gasteiger partial charge >= 0.3 is 0 Å². The molecule has 1 nitrogen and oxygen atoms in total. The third kappa shape index (κ3) is 4.08. The fourth-order valence-electron chi connectivity index (χ4n) is 3.02. The van der Waals surface area contributed by atoms with Gasteiger partial charge in [0.2, 0.25) is 0 Å². The summed E-state index contributed by atoms with van der Waals surface area (Å²) in [6, 6.07) is 18.9. The Morgan fingerprint density at radius 3 is 2.19 bits per heavy atom. The van der Waals surface area contributed by atoms with Gasteiger partial charge in [0.25, 0.3) is 0 Å². The summed E-state index contributed by atoms with van der Waals surface area (Å²) in [5.41, 5.74) is 4.31. The van der Waals surface area contributed by atoms with Crippen LogP contribution in [0.15, 0.2) is 60.7 Å². The van der Waals surface area contributed by atoms with Crippen LogP contribution >= 0.6 is 11.6 Å². The summed E-state index contributed by atoms with van der Waals surface area (Å²) in [4.78, 5) is 0. The van der Waals surface area contributed by atoms with Gasteiger partial charge in [-0.15, -0.1) is 0 Å². The molecule has 3 aromatic carbocycles. The Hall–Kier alpha value is -2.32. The Morgan fingerprint density at radius 1 is 0.885 bits per heavy atom. The van der Waals surface area contributed by atoms with E-state index in [1.54, 1.807) is 13.2 Å². The quantitative estimate of drug-likeness (QED) is 0.448. The topological polar surface area (TPSA) is 9.23 Å². The Morgan fingerprint density at radius 2 is 1.58 bits per heavy atom. The molecule has 0 aliphatic heterocycles. The van der Waals surface area contributed by atoms with E-state index in [1.807, 2.05) is 54.6 Å². The first-order valence-electron chi connectivity index (χ1n) is 8.85. The number of rotatable bonds is 6. The number of hydrogen-bond donors (Lipinski definition) is 0. The third-order valence-corrected chi connectivity index (χ3v) is 4.85. The highest BCUT2D eigenvalue weighted by Gasteiger charge is 2.10. The average molecular weight is 369 g/mol. The second kappa shape index (κ2) is 8.37. The molecule has 3 rings (SSSR count). The van der Waals surface area contributed by atoms with Gasteiger partial charge in [0.05, 0.1) is 7.11 Å². The van der Waals surface area contributed by atoms with Crippen LogP contribution in [0.5, 0.6) is 5.75 Å². The summed E-state index contributed by atoms with van der Waals surface area (Å²) < 4.78 is 19.7. The van der Waals surface area contributed by atoms with Crippen LogP contribution in [0.3, 0.4) is 0 Å². The van der Waals surface area contributed by atoms with E-state index in [1.165, 1.54) is 0 Å². The monoisotopic (exact) mass is 368 g/mol. The van der Waals surface area contributed by atoms with Crippen LogP contribution in [-0.4, -0.2) is 7.11 Å². The maximum Gasteiger partial charge on any atom is 0.131 e. The summed E-state index contributed by atoms with van der Waals surface area (Å²) in [7, 11) is 1.64. The van der Waals surface area contributed by atoms with Crippen molar-refractivity contribution >= 4 is 11.6 Å². The second-order valence-corrected chi connectivity index (χ2v) is 6.75. The molecule has 0 spiro atoms. The molecule has 3 aromatic rings. The molecular formula is C23H22ClFO. The van der Waals surface area contributed by atoms with Crippen LogP contribution in [-0.2, 0) is 6.42 Å². The van der Waals surface area contributed by atoms with Crippen molar-refractivity contribution in [2.75, 3.05) is 7.11 Å². The number of ether oxygens (including phenoxy) is 1. The van der Waals surface area contributed by atoms with E-state index in [4.69, 9.17) is 16.3 Å². The molecule has 0 saturated carbocycles. The molecule has 0 fully saturated rings. The molecule has 0 aliphatic rings. The molecule has 0 aliphatic carbocycles. The zero-order valence-electron chi connectivity index (χ0n) is 15.1. The zero-order valence-corrected chi connectivity index (χ0v) is 15.8. The number of aryl methyl sites for hydroxylation is 1. The van der Waals surface area contributed by atoms with Crippen molar-refractivity contribution in [3.8, 4) is 28.0 Å². The number of unbranched alkanes of at least 4 members (excludes halogenated alkanes) is 1. The normalized spacial score (nSPS) is 10.8. The number of methoxy groups -OCH3 is 1. The van der Waals surface area contributed by atoms with Gasteiger partial charge in [-0.05, 0) is 53.8 Å². The summed E-state index contributed by atoms with van der Waals surface area (Å²) in [5.74, 6) is 0.596. The molecule has 0 saturated heterocycles. The molecular weight excluding hydrogens is 347 g/mol. The lowest BCUT2D eigenvalue weighted by atomic mass is 9.98. The number of halogens is 2. The largest absolute Gasteiger partial charge is 0.497 e. The molecule has 0 N–H and O–H groups in total. The second-order valence-electron chi connectivity index (χ2n) is 6.34. The molecule has 0 bridgehead atoms. The minimum Gasteiger partial charge on any atom is -0.497 e. The SMILES string of the molecule is CCCCc1ccc(-c2ccc(-c3ccc(OC)cc3)c(Cl)c2)c(F)c1. The molecule has 0 unspecified atom stereocenters. The van der Waals surface area contributed by atoms with Gasteiger partial charge in [0.1, 0.15) is 11.6 Å². The summed E-state index contributed by atoms with van der Waals surface area (Å²) >= 11 is 6.49. The van der Waals surface area contributed by atoms with Crippen LogP contribution in [0.25, 0.3) is 22.3 Å². The Balaban J connectivity index is 1.89. The minimum absolute atomic E-state index is 0.202. The van der Waals surface area contributed by atoms with Crippen molar-refractivity contribution in [2.45, 2.75) is 26.2 Å². The van der Waals surface area contributed by atoms with Gasteiger partial charge in [-0.3, -0.25) is 0 Å². The lowest BCUT2D eigenvalue weighted by Gasteiger charge is -2.10. The molecule has 3 heteroatoms. The van der Waals surface area contributed by atoms with Crippen molar-refractivity contribution in [1.82, 2.24) is 0 Å². The summed E-state index contributed by atoms with van der Waals surface area (Å²) in [6.07, 6.45) is 3.08. The van der Waals surface area contributed by atoms with Crippen LogP contribution in [0.2, 0.25) is 5.02 Å². The Labute approximate surface area is 159 Å². The first kappa shape index (κ1) is 18.5. The van der Waals surface area contributed by atoms with Crippen LogP contribution in [0.4, 0.5) is 4.39 Å². The summed E-state index contributed by atoms with van der Waals surface area (Å²) in [6.45, 7) is 2.14. The molecule has 0 aromatic heterocycles. The first-order chi connectivity index (χ1) is 12.6. The molecule has 26 heavy (non-hydrogen) atoms. The van der Waals surface area contributed by atoms with Crippen LogP contribution < -0.4 is 4.74 Å². The van der Waals surface area contributed by atoms with Gasteiger partial charge in [-0.2, -0.15) is 0 Å². The van der Waals surface area contributed by atoms with Crippen molar-refractivity contribution < 1.29 is 9.13 Å². The highest BCUT2D eigenvalue weighted by atomic mass is 35.5. The minimum atomic E-state index is -0.202. The predicted molar refractivity (Wildman–Crippen MR) is 107 cm³/mol. The molecule has 134 valence electrons. The average Bonchev–Trinajstić information content (AvgIpc) is 2.66. The van der Waals surface area contributed by atoms with Gasteiger partial charge in [-0.25, -0.2) is 4.39 Å². The maximum absolute atomic E-state index is 14.5. The lowest BCUT2D eigenvalue weighted by Crippen LogP contribution is -1.91. The highest BCUT2D eigenvalue weighted by molar-refractivity contribution is 6.33. The van der Waals surface area contributed by atoms with E-state index >= 15 is 0 Å². The molecule has 0 atom stereocenters. The van der Waals surface area contributed by atoms with Gasteiger partial charge < -0.3 is 4.74 Å². The predicted octanol–water partition coefficient (Wildman–Crippen LogP) is 7.16. The van der Waals surface area contributed by atoms with Gasteiger partial charge in [-0.1, -0.05) is 61.3 Å². The molecule has 0 radical (unpaired) electrons. The van der Waals surface area contributed by atoms with Crippen LogP contribution in [0, 0.1) is 5.82 Å². The van der Waals surface area contributed by atoms with E-state index in [9.17, 15) is 4.39 Å². The number of benzene rings is 3. The van der Waals surface area contributed by atoms with Gasteiger partial charge in [0, 0.05) is 16.1 Å². The van der Waals surface area contributed by atoms with E-state index < -0.39 is 0 Å². The van der Waals surface area contributed by atoms with Crippen molar-refractivity contribution in [3.63, 3.8) is 0 Å². The zero-order chi connectivity index (χ0) is 18.5. The molecule has 0 amide bonds. The van der Waals surface area contributed by atoms with Gasteiger partial charge in [0.15, 0.2) is 0 Å². The Bertz CT molecular complexity index is 887. The smallest absolute Gasteiger partial charge is 0.131 e. The van der Waals surface area contributed by atoms with E-state index in [2.05, 4.69) is 6.92 Å². The first-order valence-corrected chi connectivity index (χ1v) is 9.23. The molecule has 0 heterocycles. The fraction of sp³-hybridized carbons (Fsp3) is 0.217. The number of hydrogen-bond acceptors (Lipinski definition) is 1. The maximum atomic E-state index is 14.5. The van der Waals surface area contributed by atoms with E-state index in [0.29, 0.717) is 10.6 Å². The van der Waals surface area contributed by atoms with Crippen molar-refractivity contribution in [3.05, 3.63) is 77.1 Å². The van der Waals surface area contributed by atoms with Crippen molar-refractivity contribution in [2.24, 2.45) is 0 Å². The van der Waals surface area contributed by atoms with Crippen molar-refractivity contribution in [1.29, 1.82) is 0 Å². The standard InChI is InChI=1S/C23H22ClFO/c1-3-4-5-16-6-12-21(23(25)14-16)18-9-13-20(22(24)15-18)17-7-10-19(26-2)11-8-17/h6-15H,3-5H2,1-2H3. The summed E-state index contributed by atoms with van der Waals surface area (Å²) in [5, 5.41) is 0.599. The Kier molecular flexibility index (Phi) is 5.95. The third-order valence-electron chi connectivity index (χ3n) is 4.53. The fourth-order valence-corrected chi connectivity index (χ4v) is 3.31. The van der Waals surface area contributed by atoms with E-state index in [0.717, 1.165) is 47.3 Å².